The van der Waals surface area contributed by atoms with Crippen LogP contribution in [-0.2, 0) is 10.2 Å². The summed E-state index contributed by atoms with van der Waals surface area (Å²) in [5.74, 6) is 0.0761. The number of rotatable bonds is 4. The molecule has 0 aliphatic heterocycles. The minimum absolute atomic E-state index is 0.0197. The van der Waals surface area contributed by atoms with Gasteiger partial charge in [-0.05, 0) is 55.7 Å². The molecule has 1 saturated carbocycles. The summed E-state index contributed by atoms with van der Waals surface area (Å²) in [6, 6.07) is 14.5. The topological polar surface area (TPSA) is 29.1 Å². The molecule has 0 radical (unpaired) electrons. The van der Waals surface area contributed by atoms with Gasteiger partial charge in [0.05, 0.1) is 5.41 Å². The van der Waals surface area contributed by atoms with Crippen LogP contribution >= 0.6 is 15.9 Å². The van der Waals surface area contributed by atoms with Gasteiger partial charge in [-0.1, -0.05) is 40.2 Å². The van der Waals surface area contributed by atoms with Gasteiger partial charge in [0.2, 0.25) is 5.91 Å². The Morgan fingerprint density at radius 2 is 1.74 bits per heavy atom. The molecule has 23 heavy (non-hydrogen) atoms. The summed E-state index contributed by atoms with van der Waals surface area (Å²) in [5.41, 5.74) is 1.39. The smallest absolute Gasteiger partial charge is 0.230 e. The van der Waals surface area contributed by atoms with Gasteiger partial charge in [-0.3, -0.25) is 4.79 Å². The van der Waals surface area contributed by atoms with E-state index in [0.717, 1.165) is 16.5 Å². The highest BCUT2D eigenvalue weighted by atomic mass is 79.9. The molecular weight excluding hydrogens is 357 g/mol. The van der Waals surface area contributed by atoms with Gasteiger partial charge in [0.15, 0.2) is 0 Å². The molecule has 1 amide bonds. The average Bonchev–Trinajstić information content (AvgIpc) is 3.27. The van der Waals surface area contributed by atoms with Crippen molar-refractivity contribution >= 4 is 21.8 Å². The summed E-state index contributed by atoms with van der Waals surface area (Å²) in [5, 5.41) is 3.13. The van der Waals surface area contributed by atoms with E-state index in [1.165, 1.54) is 17.7 Å². The number of carbonyl (C=O) groups excluding carboxylic acids is 1. The van der Waals surface area contributed by atoms with Crippen molar-refractivity contribution in [3.05, 3.63) is 69.9 Å². The average molecular weight is 376 g/mol. The van der Waals surface area contributed by atoms with E-state index in [1.54, 1.807) is 12.1 Å². The van der Waals surface area contributed by atoms with Crippen LogP contribution in [0, 0.1) is 5.82 Å². The van der Waals surface area contributed by atoms with Crippen molar-refractivity contribution < 1.29 is 9.18 Å². The number of halogens is 2. The van der Waals surface area contributed by atoms with Crippen LogP contribution in [0.1, 0.15) is 37.3 Å². The quantitative estimate of drug-likeness (QED) is 0.834. The highest BCUT2D eigenvalue weighted by molar-refractivity contribution is 9.10. The van der Waals surface area contributed by atoms with Crippen molar-refractivity contribution in [1.29, 1.82) is 0 Å². The second kappa shape index (κ2) is 6.08. The zero-order valence-electron chi connectivity index (χ0n) is 13.1. The van der Waals surface area contributed by atoms with E-state index in [4.69, 9.17) is 0 Å². The van der Waals surface area contributed by atoms with E-state index in [2.05, 4.69) is 33.4 Å². The molecule has 1 fully saturated rings. The van der Waals surface area contributed by atoms with Crippen molar-refractivity contribution in [2.75, 3.05) is 0 Å². The van der Waals surface area contributed by atoms with Gasteiger partial charge in [0.25, 0.3) is 0 Å². The van der Waals surface area contributed by atoms with Crippen LogP contribution in [0.15, 0.2) is 53.0 Å². The van der Waals surface area contributed by atoms with E-state index < -0.39 is 5.41 Å². The second-order valence-electron chi connectivity index (χ2n) is 6.61. The number of hydrogen-bond acceptors (Lipinski definition) is 1. The van der Waals surface area contributed by atoms with Crippen LogP contribution < -0.4 is 5.32 Å². The van der Waals surface area contributed by atoms with Gasteiger partial charge in [0, 0.05) is 16.4 Å². The molecular formula is C19H19BrFNO. The maximum atomic E-state index is 13.1. The van der Waals surface area contributed by atoms with Gasteiger partial charge in [-0.25, -0.2) is 4.39 Å². The van der Waals surface area contributed by atoms with Gasteiger partial charge in [-0.15, -0.1) is 0 Å². The third-order valence-electron chi connectivity index (χ3n) is 4.54. The lowest BCUT2D eigenvalue weighted by atomic mass is 9.83. The summed E-state index contributed by atoms with van der Waals surface area (Å²) in [7, 11) is 0. The SMILES string of the molecule is CC(C)(C(=O)N[C@@H]1C[C@H]1c1ccc(Br)cc1)c1ccc(F)cc1. The zero-order valence-corrected chi connectivity index (χ0v) is 14.7. The van der Waals surface area contributed by atoms with E-state index >= 15 is 0 Å². The summed E-state index contributed by atoms with van der Waals surface area (Å²) in [4.78, 5) is 12.6. The van der Waals surface area contributed by atoms with E-state index in [-0.39, 0.29) is 17.8 Å². The molecule has 3 rings (SSSR count). The molecule has 2 atom stereocenters. The fourth-order valence-electron chi connectivity index (χ4n) is 2.78. The molecule has 0 heterocycles. The van der Waals surface area contributed by atoms with Crippen LogP contribution in [0.25, 0.3) is 0 Å². The van der Waals surface area contributed by atoms with Crippen LogP contribution in [0.4, 0.5) is 4.39 Å². The first-order chi connectivity index (χ1) is 10.9. The highest BCUT2D eigenvalue weighted by Gasteiger charge is 2.42. The number of benzene rings is 2. The van der Waals surface area contributed by atoms with Gasteiger partial charge in [-0.2, -0.15) is 0 Å². The van der Waals surface area contributed by atoms with Gasteiger partial charge < -0.3 is 5.32 Å². The Kier molecular flexibility index (Phi) is 4.28. The molecule has 0 spiro atoms. The van der Waals surface area contributed by atoms with Crippen LogP contribution in [0.3, 0.4) is 0 Å². The predicted molar refractivity (Wildman–Crippen MR) is 92.9 cm³/mol. The molecule has 120 valence electrons. The minimum atomic E-state index is -0.680. The first kappa shape index (κ1) is 16.2. The Balaban J connectivity index is 1.65. The summed E-state index contributed by atoms with van der Waals surface area (Å²) in [6.07, 6.45) is 0.965. The van der Waals surface area contributed by atoms with Gasteiger partial charge in [0.1, 0.15) is 5.82 Å². The second-order valence-corrected chi connectivity index (χ2v) is 7.52. The Morgan fingerprint density at radius 3 is 2.35 bits per heavy atom. The standard InChI is InChI=1S/C19H19BrFNO/c1-19(2,13-5-9-15(21)10-6-13)18(23)22-17-11-16(17)12-3-7-14(20)8-4-12/h3-10,16-17H,11H2,1-2H3,(H,22,23)/t16-,17+/m0/s1. The van der Waals surface area contributed by atoms with Crippen LogP contribution in [-0.4, -0.2) is 11.9 Å². The monoisotopic (exact) mass is 375 g/mol. The fourth-order valence-corrected chi connectivity index (χ4v) is 3.04. The lowest BCUT2D eigenvalue weighted by Gasteiger charge is -2.24. The molecule has 1 aliphatic rings. The largest absolute Gasteiger partial charge is 0.352 e. The molecule has 0 aromatic heterocycles. The molecule has 4 heteroatoms. The summed E-state index contributed by atoms with van der Waals surface area (Å²) >= 11 is 3.43. The summed E-state index contributed by atoms with van der Waals surface area (Å²) in [6.45, 7) is 3.74. The van der Waals surface area contributed by atoms with Crippen molar-refractivity contribution in [3.63, 3.8) is 0 Å². The highest BCUT2D eigenvalue weighted by Crippen LogP contribution is 2.41. The lowest BCUT2D eigenvalue weighted by molar-refractivity contribution is -0.125. The molecule has 0 saturated heterocycles. The van der Waals surface area contributed by atoms with E-state index in [9.17, 15) is 9.18 Å². The Bertz CT molecular complexity index is 709. The summed E-state index contributed by atoms with van der Waals surface area (Å²) < 4.78 is 14.1. The maximum absolute atomic E-state index is 13.1. The molecule has 2 aromatic carbocycles. The normalized spacial score (nSPS) is 20.2. The lowest BCUT2D eigenvalue weighted by Crippen LogP contribution is -2.41. The Morgan fingerprint density at radius 1 is 1.13 bits per heavy atom. The molecule has 0 bridgehead atoms. The van der Waals surface area contributed by atoms with Crippen molar-refractivity contribution in [1.82, 2.24) is 5.32 Å². The molecule has 0 unspecified atom stereocenters. The first-order valence-electron chi connectivity index (χ1n) is 7.70. The van der Waals surface area contributed by atoms with E-state index in [1.807, 2.05) is 26.0 Å². The number of carbonyl (C=O) groups is 1. The van der Waals surface area contributed by atoms with E-state index in [0.29, 0.717) is 5.92 Å². The Hall–Kier alpha value is -1.68. The number of nitrogens with one attached hydrogen (secondary N) is 1. The Labute approximate surface area is 144 Å². The van der Waals surface area contributed by atoms with Crippen LogP contribution in [0.5, 0.6) is 0 Å². The minimum Gasteiger partial charge on any atom is -0.352 e. The zero-order chi connectivity index (χ0) is 16.6. The van der Waals surface area contributed by atoms with Gasteiger partial charge >= 0.3 is 0 Å². The van der Waals surface area contributed by atoms with Crippen molar-refractivity contribution in [2.24, 2.45) is 0 Å². The van der Waals surface area contributed by atoms with Crippen molar-refractivity contribution in [3.8, 4) is 0 Å². The number of amides is 1. The first-order valence-corrected chi connectivity index (χ1v) is 8.50. The molecule has 1 aliphatic carbocycles. The maximum Gasteiger partial charge on any atom is 0.230 e. The molecule has 1 N–H and O–H groups in total. The van der Waals surface area contributed by atoms with Crippen LogP contribution in [0.2, 0.25) is 0 Å². The third kappa shape index (κ3) is 3.47. The molecule has 2 nitrogen and oxygen atoms in total. The third-order valence-corrected chi connectivity index (χ3v) is 5.07. The molecule has 2 aromatic rings. The predicted octanol–water partition coefficient (Wildman–Crippen LogP) is 4.54. The number of hydrogen-bond donors (Lipinski definition) is 1. The van der Waals surface area contributed by atoms with Crippen molar-refractivity contribution in [2.45, 2.75) is 37.6 Å². The fraction of sp³-hybridized carbons (Fsp3) is 0.316.